The van der Waals surface area contributed by atoms with Gasteiger partial charge in [-0.2, -0.15) is 4.98 Å². The Labute approximate surface area is 109 Å². The molecule has 3 aromatic rings. The number of hydrogen-bond donors (Lipinski definition) is 1. The number of pyridine rings is 2. The molecule has 0 aromatic carbocycles. The lowest BCUT2D eigenvalue weighted by atomic mass is 10.3. The summed E-state index contributed by atoms with van der Waals surface area (Å²) in [5.74, 6) is 0.708. The second kappa shape index (κ2) is 4.49. The van der Waals surface area contributed by atoms with E-state index in [1.54, 1.807) is 18.3 Å². The van der Waals surface area contributed by atoms with Gasteiger partial charge in [-0.3, -0.25) is 0 Å². The highest BCUT2D eigenvalue weighted by Gasteiger charge is 2.14. The number of anilines is 1. The number of aryl methyl sites for hydroxylation is 1. The SMILES string of the molecule is Cc1cccc(-c2noc(-c3ncccc3N)n2)n1. The molecule has 0 aliphatic carbocycles. The van der Waals surface area contributed by atoms with E-state index >= 15 is 0 Å². The molecule has 0 unspecified atom stereocenters. The van der Waals surface area contributed by atoms with Gasteiger partial charge in [-0.25, -0.2) is 9.97 Å². The third-order valence-electron chi connectivity index (χ3n) is 2.58. The van der Waals surface area contributed by atoms with Crippen molar-refractivity contribution in [1.82, 2.24) is 20.1 Å². The average molecular weight is 253 g/mol. The van der Waals surface area contributed by atoms with E-state index in [4.69, 9.17) is 10.3 Å². The maximum Gasteiger partial charge on any atom is 0.279 e. The summed E-state index contributed by atoms with van der Waals surface area (Å²) in [6.45, 7) is 1.90. The second-order valence-electron chi connectivity index (χ2n) is 4.03. The van der Waals surface area contributed by atoms with Crippen LogP contribution in [0.25, 0.3) is 23.1 Å². The normalized spacial score (nSPS) is 10.6. The molecule has 2 N–H and O–H groups in total. The number of rotatable bonds is 2. The van der Waals surface area contributed by atoms with Crippen molar-refractivity contribution in [1.29, 1.82) is 0 Å². The summed E-state index contributed by atoms with van der Waals surface area (Å²) >= 11 is 0. The Morgan fingerprint density at radius 1 is 1.11 bits per heavy atom. The summed E-state index contributed by atoms with van der Waals surface area (Å²) < 4.78 is 5.18. The minimum Gasteiger partial charge on any atom is -0.397 e. The molecule has 3 rings (SSSR count). The molecule has 6 nitrogen and oxygen atoms in total. The molecule has 0 radical (unpaired) electrons. The van der Waals surface area contributed by atoms with Gasteiger partial charge in [0.05, 0.1) is 5.69 Å². The van der Waals surface area contributed by atoms with Crippen LogP contribution in [0.2, 0.25) is 0 Å². The molecule has 3 heterocycles. The highest BCUT2D eigenvalue weighted by atomic mass is 16.5. The first-order chi connectivity index (χ1) is 9.24. The van der Waals surface area contributed by atoms with Gasteiger partial charge < -0.3 is 10.3 Å². The molecule has 0 aliphatic heterocycles. The summed E-state index contributed by atoms with van der Waals surface area (Å²) in [7, 11) is 0. The van der Waals surface area contributed by atoms with E-state index in [-0.39, 0.29) is 5.89 Å². The zero-order valence-electron chi connectivity index (χ0n) is 10.2. The summed E-state index contributed by atoms with van der Waals surface area (Å²) in [6.07, 6.45) is 1.63. The number of aromatic nitrogens is 4. The van der Waals surface area contributed by atoms with Gasteiger partial charge in [0.2, 0.25) is 5.82 Å². The third kappa shape index (κ3) is 2.15. The predicted molar refractivity (Wildman–Crippen MR) is 69.9 cm³/mol. The molecule has 0 saturated carbocycles. The van der Waals surface area contributed by atoms with Gasteiger partial charge in [0.1, 0.15) is 5.69 Å². The first-order valence-corrected chi connectivity index (χ1v) is 5.72. The zero-order chi connectivity index (χ0) is 13.2. The molecule has 0 saturated heterocycles. The second-order valence-corrected chi connectivity index (χ2v) is 4.03. The Bertz CT molecular complexity index is 722. The van der Waals surface area contributed by atoms with Crippen molar-refractivity contribution < 1.29 is 4.52 Å². The minimum absolute atomic E-state index is 0.288. The molecule has 3 aromatic heterocycles. The first kappa shape index (κ1) is 11.3. The van der Waals surface area contributed by atoms with E-state index in [1.807, 2.05) is 25.1 Å². The molecule has 0 atom stereocenters. The van der Waals surface area contributed by atoms with E-state index < -0.39 is 0 Å². The van der Waals surface area contributed by atoms with Crippen LogP contribution in [-0.2, 0) is 0 Å². The van der Waals surface area contributed by atoms with Crippen molar-refractivity contribution in [3.63, 3.8) is 0 Å². The lowest BCUT2D eigenvalue weighted by Gasteiger charge is -1.97. The molecule has 0 amide bonds. The van der Waals surface area contributed by atoms with Crippen molar-refractivity contribution in [3.8, 4) is 23.1 Å². The number of hydrogen-bond acceptors (Lipinski definition) is 6. The van der Waals surface area contributed by atoms with Crippen molar-refractivity contribution in [3.05, 3.63) is 42.2 Å². The number of nitrogens with zero attached hydrogens (tertiary/aromatic N) is 4. The molecule has 0 bridgehead atoms. The van der Waals surface area contributed by atoms with Gasteiger partial charge >= 0.3 is 0 Å². The maximum absolute atomic E-state index is 5.82. The van der Waals surface area contributed by atoms with Crippen LogP contribution in [0.4, 0.5) is 5.69 Å². The topological polar surface area (TPSA) is 90.7 Å². The summed E-state index contributed by atoms with van der Waals surface area (Å²) in [5.41, 5.74) is 8.34. The Hall–Kier alpha value is -2.76. The van der Waals surface area contributed by atoms with Crippen molar-refractivity contribution >= 4 is 5.69 Å². The van der Waals surface area contributed by atoms with Gasteiger partial charge in [-0.15, -0.1) is 0 Å². The van der Waals surface area contributed by atoms with Crippen LogP contribution in [-0.4, -0.2) is 20.1 Å². The fourth-order valence-electron chi connectivity index (χ4n) is 1.69. The highest BCUT2D eigenvalue weighted by Crippen LogP contribution is 2.23. The van der Waals surface area contributed by atoms with E-state index in [2.05, 4.69) is 20.1 Å². The molecule has 6 heteroatoms. The number of nitrogens with two attached hydrogens (primary N) is 1. The molecule has 0 spiro atoms. The van der Waals surface area contributed by atoms with Crippen LogP contribution in [0, 0.1) is 6.92 Å². The fourth-order valence-corrected chi connectivity index (χ4v) is 1.69. The smallest absolute Gasteiger partial charge is 0.279 e. The summed E-state index contributed by atoms with van der Waals surface area (Å²) in [6, 6.07) is 9.10. The molecule has 19 heavy (non-hydrogen) atoms. The van der Waals surface area contributed by atoms with Crippen LogP contribution in [0.3, 0.4) is 0 Å². The standard InChI is InChI=1S/C13H11N5O/c1-8-4-2-6-10(16-8)12-17-13(19-18-12)11-9(14)5-3-7-15-11/h2-7H,14H2,1H3. The quantitative estimate of drug-likeness (QED) is 0.751. The molecule has 94 valence electrons. The van der Waals surface area contributed by atoms with Crippen molar-refractivity contribution in [2.75, 3.05) is 5.73 Å². The van der Waals surface area contributed by atoms with Crippen LogP contribution >= 0.6 is 0 Å². The van der Waals surface area contributed by atoms with Crippen LogP contribution < -0.4 is 5.73 Å². The highest BCUT2D eigenvalue weighted by molar-refractivity contribution is 5.66. The Kier molecular flexibility index (Phi) is 2.68. The molecular formula is C13H11N5O. The molecule has 0 fully saturated rings. The lowest BCUT2D eigenvalue weighted by molar-refractivity contribution is 0.431. The Morgan fingerprint density at radius 3 is 2.79 bits per heavy atom. The minimum atomic E-state index is 0.288. The van der Waals surface area contributed by atoms with Crippen molar-refractivity contribution in [2.24, 2.45) is 0 Å². The Balaban J connectivity index is 2.03. The van der Waals surface area contributed by atoms with E-state index in [1.165, 1.54) is 0 Å². The molecular weight excluding hydrogens is 242 g/mol. The first-order valence-electron chi connectivity index (χ1n) is 5.72. The van der Waals surface area contributed by atoms with E-state index in [9.17, 15) is 0 Å². The van der Waals surface area contributed by atoms with E-state index in [0.717, 1.165) is 5.69 Å². The van der Waals surface area contributed by atoms with Gasteiger partial charge in [0.25, 0.3) is 5.89 Å². The summed E-state index contributed by atoms with van der Waals surface area (Å²) in [4.78, 5) is 12.7. The van der Waals surface area contributed by atoms with Gasteiger partial charge in [-0.05, 0) is 31.2 Å². The monoisotopic (exact) mass is 253 g/mol. The Morgan fingerprint density at radius 2 is 2.00 bits per heavy atom. The molecule has 0 aliphatic rings. The maximum atomic E-state index is 5.82. The fraction of sp³-hybridized carbons (Fsp3) is 0.0769. The summed E-state index contributed by atoms with van der Waals surface area (Å²) in [5, 5.41) is 3.90. The zero-order valence-corrected chi connectivity index (χ0v) is 10.2. The van der Waals surface area contributed by atoms with Crippen molar-refractivity contribution in [2.45, 2.75) is 6.92 Å². The average Bonchev–Trinajstić information content (AvgIpc) is 2.89. The van der Waals surface area contributed by atoms with Gasteiger partial charge in [0.15, 0.2) is 5.69 Å². The van der Waals surface area contributed by atoms with Crippen LogP contribution in [0.1, 0.15) is 5.69 Å². The van der Waals surface area contributed by atoms with Gasteiger partial charge in [-0.1, -0.05) is 11.2 Å². The predicted octanol–water partition coefficient (Wildman–Crippen LogP) is 2.08. The van der Waals surface area contributed by atoms with E-state index in [0.29, 0.717) is 22.9 Å². The third-order valence-corrected chi connectivity index (χ3v) is 2.58. The van der Waals surface area contributed by atoms with Crippen LogP contribution in [0.15, 0.2) is 41.1 Å². The largest absolute Gasteiger partial charge is 0.397 e. The lowest BCUT2D eigenvalue weighted by Crippen LogP contribution is -1.93. The number of nitrogen functional groups attached to an aromatic ring is 1. The van der Waals surface area contributed by atoms with Crippen LogP contribution in [0.5, 0.6) is 0 Å². The van der Waals surface area contributed by atoms with Gasteiger partial charge in [0, 0.05) is 11.9 Å².